The summed E-state index contributed by atoms with van der Waals surface area (Å²) in [5.74, 6) is -0.424. The maximum Gasteiger partial charge on any atom is 0.320 e. The fourth-order valence-corrected chi connectivity index (χ4v) is 2.20. The molecule has 0 aromatic carbocycles. The van der Waals surface area contributed by atoms with Gasteiger partial charge in [0.15, 0.2) is 0 Å². The van der Waals surface area contributed by atoms with Gasteiger partial charge in [-0.1, -0.05) is 0 Å². The quantitative estimate of drug-likeness (QED) is 0.796. The number of aryl methyl sites for hydroxylation is 1. The Kier molecular flexibility index (Phi) is 3.02. The maximum atomic E-state index is 10.9. The van der Waals surface area contributed by atoms with Crippen LogP contribution in [0.15, 0.2) is 5.38 Å². The number of carboxylic acid groups (broad SMARTS) is 1. The van der Waals surface area contributed by atoms with Gasteiger partial charge in [0.25, 0.3) is 0 Å². The van der Waals surface area contributed by atoms with E-state index in [0.29, 0.717) is 12.5 Å². The van der Waals surface area contributed by atoms with Crippen LogP contribution in [0.3, 0.4) is 0 Å². The molecule has 0 amide bonds. The highest BCUT2D eigenvalue weighted by Crippen LogP contribution is 2.32. The number of hydrogen-bond acceptors (Lipinski definition) is 4. The minimum atomic E-state index is -0.746. The van der Waals surface area contributed by atoms with E-state index in [2.05, 4.69) is 10.3 Å². The number of thiazole rings is 1. The van der Waals surface area contributed by atoms with Gasteiger partial charge in [-0.15, -0.1) is 11.3 Å². The number of carbonyl (C=O) groups is 1. The Morgan fingerprint density at radius 2 is 2.53 bits per heavy atom. The summed E-state index contributed by atoms with van der Waals surface area (Å²) in [5, 5.41) is 15.0. The molecule has 15 heavy (non-hydrogen) atoms. The molecule has 1 aliphatic rings. The third-order valence-corrected chi connectivity index (χ3v) is 3.35. The zero-order valence-corrected chi connectivity index (χ0v) is 9.38. The molecular formula is C10H14N2O2S. The van der Waals surface area contributed by atoms with Crippen LogP contribution in [0.25, 0.3) is 0 Å². The van der Waals surface area contributed by atoms with Gasteiger partial charge in [0.05, 0.1) is 10.7 Å². The smallest absolute Gasteiger partial charge is 0.320 e. The largest absolute Gasteiger partial charge is 0.480 e. The summed E-state index contributed by atoms with van der Waals surface area (Å²) in [4.78, 5) is 15.2. The highest BCUT2D eigenvalue weighted by Gasteiger charge is 2.35. The van der Waals surface area contributed by atoms with Crippen molar-refractivity contribution in [1.29, 1.82) is 0 Å². The molecule has 0 aliphatic heterocycles. The highest BCUT2D eigenvalue weighted by molar-refractivity contribution is 7.09. The zero-order valence-electron chi connectivity index (χ0n) is 8.56. The SMILES string of the molecule is Cc1nc(CNC(C(=O)O)C2CC2)cs1. The molecule has 1 fully saturated rings. The predicted molar refractivity (Wildman–Crippen MR) is 57.8 cm³/mol. The van der Waals surface area contributed by atoms with Crippen LogP contribution in [0.5, 0.6) is 0 Å². The molecule has 82 valence electrons. The van der Waals surface area contributed by atoms with E-state index in [0.717, 1.165) is 23.5 Å². The zero-order chi connectivity index (χ0) is 10.8. The topological polar surface area (TPSA) is 62.2 Å². The molecule has 1 heterocycles. The van der Waals surface area contributed by atoms with Crippen molar-refractivity contribution in [3.05, 3.63) is 16.1 Å². The van der Waals surface area contributed by atoms with Crippen molar-refractivity contribution in [1.82, 2.24) is 10.3 Å². The summed E-state index contributed by atoms with van der Waals surface area (Å²) >= 11 is 1.59. The molecule has 2 N–H and O–H groups in total. The minimum Gasteiger partial charge on any atom is -0.480 e. The van der Waals surface area contributed by atoms with E-state index in [-0.39, 0.29) is 0 Å². The van der Waals surface area contributed by atoms with Gasteiger partial charge in [-0.3, -0.25) is 10.1 Å². The summed E-state index contributed by atoms with van der Waals surface area (Å²) in [6.45, 7) is 2.50. The Balaban J connectivity index is 1.87. The van der Waals surface area contributed by atoms with Crippen molar-refractivity contribution >= 4 is 17.3 Å². The average Bonchev–Trinajstić information content (AvgIpc) is 2.90. The molecule has 2 rings (SSSR count). The van der Waals surface area contributed by atoms with Gasteiger partial charge >= 0.3 is 5.97 Å². The molecule has 0 radical (unpaired) electrons. The summed E-state index contributed by atoms with van der Waals surface area (Å²) in [6.07, 6.45) is 2.06. The monoisotopic (exact) mass is 226 g/mol. The second kappa shape index (κ2) is 4.28. The molecule has 4 nitrogen and oxygen atoms in total. The first-order valence-electron chi connectivity index (χ1n) is 5.04. The molecule has 0 saturated heterocycles. The van der Waals surface area contributed by atoms with E-state index in [1.54, 1.807) is 11.3 Å². The fourth-order valence-electron chi connectivity index (χ4n) is 1.59. The Morgan fingerprint density at radius 1 is 1.80 bits per heavy atom. The lowest BCUT2D eigenvalue weighted by Gasteiger charge is -2.11. The van der Waals surface area contributed by atoms with Gasteiger partial charge in [-0.25, -0.2) is 4.98 Å². The first-order chi connectivity index (χ1) is 7.16. The Hall–Kier alpha value is -0.940. The maximum absolute atomic E-state index is 10.9. The van der Waals surface area contributed by atoms with Crippen LogP contribution in [0, 0.1) is 12.8 Å². The van der Waals surface area contributed by atoms with Crippen LogP contribution in [-0.4, -0.2) is 22.1 Å². The van der Waals surface area contributed by atoms with E-state index >= 15 is 0 Å². The van der Waals surface area contributed by atoms with E-state index in [1.807, 2.05) is 12.3 Å². The van der Waals surface area contributed by atoms with Gasteiger partial charge in [-0.05, 0) is 25.7 Å². The average molecular weight is 226 g/mol. The lowest BCUT2D eigenvalue weighted by molar-refractivity contribution is -0.140. The predicted octanol–water partition coefficient (Wildman–Crippen LogP) is 1.40. The van der Waals surface area contributed by atoms with Crippen LogP contribution in [0.4, 0.5) is 0 Å². The molecular weight excluding hydrogens is 212 g/mol. The van der Waals surface area contributed by atoms with Crippen molar-refractivity contribution in [3.63, 3.8) is 0 Å². The van der Waals surface area contributed by atoms with Crippen LogP contribution in [0.1, 0.15) is 23.5 Å². The van der Waals surface area contributed by atoms with Crippen LogP contribution in [0.2, 0.25) is 0 Å². The van der Waals surface area contributed by atoms with Crippen LogP contribution >= 0.6 is 11.3 Å². The second-order valence-electron chi connectivity index (χ2n) is 3.89. The molecule has 1 aromatic rings. The van der Waals surface area contributed by atoms with Gasteiger partial charge in [0, 0.05) is 11.9 Å². The minimum absolute atomic E-state index is 0.322. The Bertz CT molecular complexity index is 360. The van der Waals surface area contributed by atoms with Crippen molar-refractivity contribution in [2.24, 2.45) is 5.92 Å². The number of aromatic nitrogens is 1. The van der Waals surface area contributed by atoms with Crippen molar-refractivity contribution in [3.8, 4) is 0 Å². The summed E-state index contributed by atoms with van der Waals surface area (Å²) in [6, 6.07) is -0.396. The molecule has 1 aromatic heterocycles. The van der Waals surface area contributed by atoms with Crippen LogP contribution in [-0.2, 0) is 11.3 Å². The van der Waals surface area contributed by atoms with Gasteiger partial charge in [-0.2, -0.15) is 0 Å². The fraction of sp³-hybridized carbons (Fsp3) is 0.600. The third kappa shape index (κ3) is 2.76. The molecule has 0 spiro atoms. The third-order valence-electron chi connectivity index (χ3n) is 2.53. The number of rotatable bonds is 5. The van der Waals surface area contributed by atoms with Gasteiger partial charge < -0.3 is 5.11 Å². The first kappa shape index (κ1) is 10.6. The van der Waals surface area contributed by atoms with Gasteiger partial charge in [0.2, 0.25) is 0 Å². The van der Waals surface area contributed by atoms with E-state index in [1.165, 1.54) is 0 Å². The summed E-state index contributed by atoms with van der Waals surface area (Å²) < 4.78 is 0. The first-order valence-corrected chi connectivity index (χ1v) is 5.92. The number of carboxylic acids is 1. The van der Waals surface area contributed by atoms with Gasteiger partial charge in [0.1, 0.15) is 6.04 Å². The lowest BCUT2D eigenvalue weighted by Crippen LogP contribution is -2.38. The number of hydrogen-bond donors (Lipinski definition) is 2. The van der Waals surface area contributed by atoms with Crippen molar-refractivity contribution in [2.75, 3.05) is 0 Å². The molecule has 1 unspecified atom stereocenters. The molecule has 1 atom stereocenters. The molecule has 1 aliphatic carbocycles. The molecule has 5 heteroatoms. The molecule has 1 saturated carbocycles. The van der Waals surface area contributed by atoms with E-state index in [9.17, 15) is 4.79 Å². The van der Waals surface area contributed by atoms with Crippen molar-refractivity contribution in [2.45, 2.75) is 32.4 Å². The highest BCUT2D eigenvalue weighted by atomic mass is 32.1. The van der Waals surface area contributed by atoms with Crippen LogP contribution < -0.4 is 5.32 Å². The molecule has 0 bridgehead atoms. The summed E-state index contributed by atoms with van der Waals surface area (Å²) in [7, 11) is 0. The summed E-state index contributed by atoms with van der Waals surface area (Å²) in [5.41, 5.74) is 0.935. The standard InChI is InChI=1S/C10H14N2O2S/c1-6-12-8(5-15-6)4-11-9(10(13)14)7-2-3-7/h5,7,9,11H,2-4H2,1H3,(H,13,14). The number of aliphatic carboxylic acids is 1. The Labute approximate surface area is 92.3 Å². The van der Waals surface area contributed by atoms with E-state index < -0.39 is 12.0 Å². The second-order valence-corrected chi connectivity index (χ2v) is 4.95. The Morgan fingerprint density at radius 3 is 3.00 bits per heavy atom. The number of nitrogens with zero attached hydrogens (tertiary/aromatic N) is 1. The number of nitrogens with one attached hydrogen (secondary N) is 1. The van der Waals surface area contributed by atoms with E-state index in [4.69, 9.17) is 5.11 Å². The lowest BCUT2D eigenvalue weighted by atomic mass is 10.2. The van der Waals surface area contributed by atoms with Crippen molar-refractivity contribution < 1.29 is 9.90 Å². The normalized spacial score (nSPS) is 17.7.